The van der Waals surface area contributed by atoms with Gasteiger partial charge in [-0.05, 0) is 12.8 Å². The Morgan fingerprint density at radius 1 is 1.47 bits per heavy atom. The molecule has 1 atom stereocenters. The first kappa shape index (κ1) is 11.3. The van der Waals surface area contributed by atoms with Crippen molar-refractivity contribution in [3.05, 3.63) is 0 Å². The van der Waals surface area contributed by atoms with Crippen LogP contribution in [0.3, 0.4) is 0 Å². The number of hydrogen-bond donors (Lipinski definition) is 1. The molecule has 86 valence electrons. The van der Waals surface area contributed by atoms with E-state index in [0.717, 1.165) is 12.8 Å². The van der Waals surface area contributed by atoms with Gasteiger partial charge in [-0.2, -0.15) is 4.31 Å². The zero-order valence-corrected chi connectivity index (χ0v) is 9.89. The average molecular weight is 250 g/mol. The Bertz CT molecular complexity index is 364. The second kappa shape index (κ2) is 3.97. The summed E-state index contributed by atoms with van der Waals surface area (Å²) in [6.45, 7) is 1.06. The second-order valence-corrected chi connectivity index (χ2v) is 6.55. The van der Waals surface area contributed by atoms with E-state index in [-0.39, 0.29) is 16.8 Å². The number of hydrogen-bond acceptors (Lipinski definition) is 4. The van der Waals surface area contributed by atoms with E-state index in [4.69, 9.17) is 22.7 Å². The third-order valence-corrected chi connectivity index (χ3v) is 5.28. The highest BCUT2D eigenvalue weighted by atomic mass is 32.2. The van der Waals surface area contributed by atoms with Crippen molar-refractivity contribution in [1.82, 2.24) is 4.31 Å². The molecule has 7 heteroatoms. The van der Waals surface area contributed by atoms with Gasteiger partial charge in [0.25, 0.3) is 0 Å². The molecule has 0 spiro atoms. The van der Waals surface area contributed by atoms with Gasteiger partial charge in [-0.3, -0.25) is 0 Å². The summed E-state index contributed by atoms with van der Waals surface area (Å²) in [5, 5.41) is -0.178. The minimum Gasteiger partial charge on any atom is -0.391 e. The Labute approximate surface area is 94.6 Å². The molecule has 0 amide bonds. The van der Waals surface area contributed by atoms with Gasteiger partial charge in [-0.25, -0.2) is 8.42 Å². The standard InChI is InChI=1S/C8H14N2O3S2/c9-8(14)7-5-10(3-4-13-7)15(11,12)6-1-2-6/h6-7H,1-5H2,(H2,9,14). The van der Waals surface area contributed by atoms with Crippen LogP contribution in [0.2, 0.25) is 0 Å². The molecule has 2 N–H and O–H groups in total. The first-order valence-corrected chi connectivity index (χ1v) is 6.83. The summed E-state index contributed by atoms with van der Waals surface area (Å²) in [6, 6.07) is 0. The lowest BCUT2D eigenvalue weighted by Gasteiger charge is -2.31. The summed E-state index contributed by atoms with van der Waals surface area (Å²) in [6.07, 6.45) is 1.12. The van der Waals surface area contributed by atoms with Crippen LogP contribution in [0.15, 0.2) is 0 Å². The fraction of sp³-hybridized carbons (Fsp3) is 0.875. The van der Waals surface area contributed by atoms with Crippen LogP contribution >= 0.6 is 12.2 Å². The molecule has 1 aliphatic carbocycles. The minimum atomic E-state index is -3.12. The maximum atomic E-state index is 11.9. The maximum absolute atomic E-state index is 11.9. The third kappa shape index (κ3) is 2.30. The van der Waals surface area contributed by atoms with Gasteiger partial charge in [0.1, 0.15) is 11.1 Å². The normalized spacial score (nSPS) is 28.9. The van der Waals surface area contributed by atoms with Crippen molar-refractivity contribution in [2.24, 2.45) is 5.73 Å². The third-order valence-electron chi connectivity index (χ3n) is 2.65. The number of nitrogens with two attached hydrogens (primary N) is 1. The fourth-order valence-corrected chi connectivity index (χ4v) is 3.57. The van der Waals surface area contributed by atoms with Crippen molar-refractivity contribution in [3.8, 4) is 0 Å². The molecule has 1 unspecified atom stereocenters. The van der Waals surface area contributed by atoms with Crippen LogP contribution in [0.5, 0.6) is 0 Å². The average Bonchev–Trinajstić information content (AvgIpc) is 3.01. The smallest absolute Gasteiger partial charge is 0.217 e. The Balaban J connectivity index is 2.07. The number of ether oxygens (including phenoxy) is 1. The second-order valence-electron chi connectivity index (χ2n) is 3.86. The molecule has 1 heterocycles. The van der Waals surface area contributed by atoms with Crippen molar-refractivity contribution in [2.75, 3.05) is 19.7 Å². The lowest BCUT2D eigenvalue weighted by molar-refractivity contribution is 0.0386. The van der Waals surface area contributed by atoms with E-state index in [1.807, 2.05) is 0 Å². The molecule has 15 heavy (non-hydrogen) atoms. The molecule has 2 fully saturated rings. The van der Waals surface area contributed by atoms with Crippen LogP contribution in [0.4, 0.5) is 0 Å². The van der Waals surface area contributed by atoms with Gasteiger partial charge in [0, 0.05) is 13.1 Å². The monoisotopic (exact) mass is 250 g/mol. The minimum absolute atomic E-state index is 0.178. The highest BCUT2D eigenvalue weighted by Gasteiger charge is 2.42. The van der Waals surface area contributed by atoms with Gasteiger partial charge in [0.05, 0.1) is 11.9 Å². The molecule has 5 nitrogen and oxygen atoms in total. The largest absolute Gasteiger partial charge is 0.391 e. The number of rotatable bonds is 3. The summed E-state index contributed by atoms with van der Waals surface area (Å²) in [4.78, 5) is 0.227. The van der Waals surface area contributed by atoms with Crippen molar-refractivity contribution in [1.29, 1.82) is 0 Å². The van der Waals surface area contributed by atoms with Crippen LogP contribution in [0.1, 0.15) is 12.8 Å². The number of sulfonamides is 1. The Kier molecular flexibility index (Phi) is 2.98. The molecule has 0 aromatic carbocycles. The molecule has 2 aliphatic rings. The Morgan fingerprint density at radius 2 is 2.13 bits per heavy atom. The molecule has 0 radical (unpaired) electrons. The zero-order chi connectivity index (χ0) is 11.1. The van der Waals surface area contributed by atoms with Crippen LogP contribution in [-0.2, 0) is 14.8 Å². The van der Waals surface area contributed by atoms with Crippen molar-refractivity contribution in [3.63, 3.8) is 0 Å². The lowest BCUT2D eigenvalue weighted by Crippen LogP contribution is -2.50. The van der Waals surface area contributed by atoms with E-state index >= 15 is 0 Å². The van der Waals surface area contributed by atoms with E-state index in [1.165, 1.54) is 4.31 Å². The van der Waals surface area contributed by atoms with Gasteiger partial charge in [-0.1, -0.05) is 12.2 Å². The summed E-state index contributed by atoms with van der Waals surface area (Å²) in [5.41, 5.74) is 5.45. The van der Waals surface area contributed by atoms with Gasteiger partial charge in [0.15, 0.2) is 0 Å². The van der Waals surface area contributed by atoms with Crippen LogP contribution < -0.4 is 5.73 Å². The van der Waals surface area contributed by atoms with E-state index in [0.29, 0.717) is 13.2 Å². The number of morpholine rings is 1. The van der Waals surface area contributed by atoms with Crippen LogP contribution in [0, 0.1) is 0 Å². The van der Waals surface area contributed by atoms with Crippen molar-refractivity contribution < 1.29 is 13.2 Å². The molecule has 0 aromatic heterocycles. The molecule has 1 aliphatic heterocycles. The van der Waals surface area contributed by atoms with Gasteiger partial charge in [-0.15, -0.1) is 0 Å². The van der Waals surface area contributed by atoms with Gasteiger partial charge < -0.3 is 10.5 Å². The van der Waals surface area contributed by atoms with E-state index in [9.17, 15) is 8.42 Å². The highest BCUT2D eigenvalue weighted by molar-refractivity contribution is 7.90. The SMILES string of the molecule is NC(=S)C1CN(S(=O)(=O)C2CC2)CCO1. The topological polar surface area (TPSA) is 72.6 Å². The summed E-state index contributed by atoms with van der Waals surface area (Å²) >= 11 is 4.80. The molecule has 1 saturated heterocycles. The first-order valence-electron chi connectivity index (χ1n) is 4.91. The molecule has 2 rings (SSSR count). The van der Waals surface area contributed by atoms with Gasteiger partial charge in [0.2, 0.25) is 10.0 Å². The van der Waals surface area contributed by atoms with Crippen molar-refractivity contribution >= 4 is 27.2 Å². The van der Waals surface area contributed by atoms with Crippen molar-refractivity contribution in [2.45, 2.75) is 24.2 Å². The molecular weight excluding hydrogens is 236 g/mol. The van der Waals surface area contributed by atoms with E-state index in [1.54, 1.807) is 0 Å². The molecule has 1 saturated carbocycles. The lowest BCUT2D eigenvalue weighted by atomic mass is 10.3. The maximum Gasteiger partial charge on any atom is 0.217 e. The predicted molar refractivity (Wildman–Crippen MR) is 60.0 cm³/mol. The number of nitrogens with zero attached hydrogens (tertiary/aromatic N) is 1. The van der Waals surface area contributed by atoms with Crippen LogP contribution in [0.25, 0.3) is 0 Å². The summed E-state index contributed by atoms with van der Waals surface area (Å²) < 4.78 is 30.6. The summed E-state index contributed by atoms with van der Waals surface area (Å²) in [5.74, 6) is 0. The Morgan fingerprint density at radius 3 is 2.67 bits per heavy atom. The fourth-order valence-electron chi connectivity index (χ4n) is 1.61. The van der Waals surface area contributed by atoms with Gasteiger partial charge >= 0.3 is 0 Å². The van der Waals surface area contributed by atoms with E-state index in [2.05, 4.69) is 0 Å². The van der Waals surface area contributed by atoms with E-state index < -0.39 is 16.1 Å². The predicted octanol–water partition coefficient (Wildman–Crippen LogP) is -0.534. The molecule has 0 bridgehead atoms. The molecule has 0 aromatic rings. The number of thiocarbonyl (C=S) groups is 1. The molecular formula is C8H14N2O3S2. The quantitative estimate of drug-likeness (QED) is 0.681. The highest BCUT2D eigenvalue weighted by Crippen LogP contribution is 2.31. The first-order chi connectivity index (χ1) is 7.01. The Hall–Kier alpha value is -0.240. The summed E-state index contributed by atoms with van der Waals surface area (Å²) in [7, 11) is -3.12. The van der Waals surface area contributed by atoms with Crippen LogP contribution in [-0.4, -0.2) is 48.8 Å². The zero-order valence-electron chi connectivity index (χ0n) is 8.26.